The van der Waals surface area contributed by atoms with Crippen LogP contribution < -0.4 is 5.84 Å². The fourth-order valence-electron chi connectivity index (χ4n) is 0.220. The molecule has 0 saturated carbocycles. The van der Waals surface area contributed by atoms with Crippen molar-refractivity contribution in [2.24, 2.45) is 15.9 Å². The minimum Gasteiger partial charge on any atom is -0.323 e. The SMILES string of the molecule is C/N=C\C(C)=N/N. The van der Waals surface area contributed by atoms with Gasteiger partial charge in [0.05, 0.1) is 5.71 Å². The van der Waals surface area contributed by atoms with E-state index in [-0.39, 0.29) is 0 Å². The molecule has 0 amide bonds. The maximum atomic E-state index is 4.85. The molecule has 0 aromatic carbocycles. The van der Waals surface area contributed by atoms with Crippen molar-refractivity contribution in [2.75, 3.05) is 7.05 Å². The molecule has 7 heavy (non-hydrogen) atoms. The normalized spacial score (nSPS) is 13.1. The predicted molar refractivity (Wildman–Crippen MR) is 31.7 cm³/mol. The fraction of sp³-hybridized carbons (Fsp3) is 0.500. The predicted octanol–water partition coefficient (Wildman–Crippen LogP) is 0.0216. The third-order valence-corrected chi connectivity index (χ3v) is 0.520. The highest BCUT2D eigenvalue weighted by atomic mass is 15.1. The van der Waals surface area contributed by atoms with E-state index >= 15 is 0 Å². The lowest BCUT2D eigenvalue weighted by Gasteiger charge is -1.79. The van der Waals surface area contributed by atoms with E-state index < -0.39 is 0 Å². The van der Waals surface area contributed by atoms with Crippen LogP contribution in [0.2, 0.25) is 0 Å². The number of nitrogens with two attached hydrogens (primary N) is 1. The molecule has 0 unspecified atom stereocenters. The van der Waals surface area contributed by atoms with Crippen LogP contribution in [0, 0.1) is 0 Å². The van der Waals surface area contributed by atoms with Crippen molar-refractivity contribution in [1.82, 2.24) is 0 Å². The Morgan fingerprint density at radius 3 is 2.43 bits per heavy atom. The van der Waals surface area contributed by atoms with Crippen LogP contribution in [0.25, 0.3) is 0 Å². The van der Waals surface area contributed by atoms with Crippen LogP contribution in [0.3, 0.4) is 0 Å². The summed E-state index contributed by atoms with van der Waals surface area (Å²) in [7, 11) is 1.68. The van der Waals surface area contributed by atoms with E-state index in [2.05, 4.69) is 10.1 Å². The molecule has 0 fully saturated rings. The van der Waals surface area contributed by atoms with Gasteiger partial charge in [0.2, 0.25) is 0 Å². The van der Waals surface area contributed by atoms with Gasteiger partial charge in [-0.05, 0) is 6.92 Å². The molecule has 0 aromatic rings. The summed E-state index contributed by atoms with van der Waals surface area (Å²) in [6.07, 6.45) is 1.60. The van der Waals surface area contributed by atoms with Crippen LogP contribution >= 0.6 is 0 Å². The van der Waals surface area contributed by atoms with Gasteiger partial charge in [-0.25, -0.2) is 0 Å². The van der Waals surface area contributed by atoms with Gasteiger partial charge < -0.3 is 5.84 Å². The minimum absolute atomic E-state index is 0.738. The molecule has 0 aromatic heterocycles. The molecule has 0 spiro atoms. The Hall–Kier alpha value is -0.860. The summed E-state index contributed by atoms with van der Waals surface area (Å²) in [5, 5.41) is 3.35. The molecule has 0 bridgehead atoms. The van der Waals surface area contributed by atoms with E-state index in [0.717, 1.165) is 5.71 Å². The second-order valence-electron chi connectivity index (χ2n) is 1.16. The Labute approximate surface area is 42.9 Å². The first kappa shape index (κ1) is 6.14. The first-order chi connectivity index (χ1) is 3.31. The van der Waals surface area contributed by atoms with Crippen molar-refractivity contribution in [1.29, 1.82) is 0 Å². The van der Waals surface area contributed by atoms with Gasteiger partial charge in [0.25, 0.3) is 0 Å². The number of hydrogen-bond donors (Lipinski definition) is 1. The van der Waals surface area contributed by atoms with E-state index in [9.17, 15) is 0 Å². The van der Waals surface area contributed by atoms with Crippen LogP contribution in [0.15, 0.2) is 10.1 Å². The van der Waals surface area contributed by atoms with Crippen LogP contribution in [-0.4, -0.2) is 19.0 Å². The number of hydrazone groups is 1. The van der Waals surface area contributed by atoms with Crippen molar-refractivity contribution >= 4 is 11.9 Å². The van der Waals surface area contributed by atoms with E-state index in [4.69, 9.17) is 5.84 Å². The Morgan fingerprint density at radius 2 is 2.29 bits per heavy atom. The lowest BCUT2D eigenvalue weighted by atomic mass is 10.5. The summed E-state index contributed by atoms with van der Waals surface area (Å²) in [4.78, 5) is 3.67. The lowest BCUT2D eigenvalue weighted by Crippen LogP contribution is -1.96. The summed E-state index contributed by atoms with van der Waals surface area (Å²) in [5.41, 5.74) is 0.738. The van der Waals surface area contributed by atoms with E-state index in [0.29, 0.717) is 0 Å². The molecule has 3 heteroatoms. The first-order valence-corrected chi connectivity index (χ1v) is 1.98. The van der Waals surface area contributed by atoms with Gasteiger partial charge in [-0.3, -0.25) is 4.99 Å². The highest BCUT2D eigenvalue weighted by Gasteiger charge is 1.74. The molecular weight excluding hydrogens is 90.1 g/mol. The van der Waals surface area contributed by atoms with Crippen LogP contribution in [0.1, 0.15) is 6.92 Å². The molecule has 0 aliphatic rings. The van der Waals surface area contributed by atoms with Gasteiger partial charge in [-0.2, -0.15) is 5.10 Å². The minimum atomic E-state index is 0.738. The van der Waals surface area contributed by atoms with Gasteiger partial charge in [-0.15, -0.1) is 0 Å². The molecule has 0 rings (SSSR count). The number of hydrogen-bond acceptors (Lipinski definition) is 3. The third-order valence-electron chi connectivity index (χ3n) is 0.520. The zero-order valence-electron chi connectivity index (χ0n) is 4.55. The molecule has 2 N–H and O–H groups in total. The molecule has 40 valence electrons. The smallest absolute Gasteiger partial charge is 0.0747 e. The summed E-state index contributed by atoms with van der Waals surface area (Å²) in [5.74, 6) is 4.85. The quantitative estimate of drug-likeness (QED) is 0.281. The molecule has 0 radical (unpaired) electrons. The monoisotopic (exact) mass is 99.1 g/mol. The average molecular weight is 99.1 g/mol. The third kappa shape index (κ3) is 2.96. The molecule has 0 atom stereocenters. The van der Waals surface area contributed by atoms with E-state index in [1.165, 1.54) is 0 Å². The van der Waals surface area contributed by atoms with Crippen molar-refractivity contribution in [3.8, 4) is 0 Å². The second-order valence-corrected chi connectivity index (χ2v) is 1.16. The topological polar surface area (TPSA) is 50.7 Å². The van der Waals surface area contributed by atoms with Crippen molar-refractivity contribution in [3.05, 3.63) is 0 Å². The van der Waals surface area contributed by atoms with E-state index in [1.54, 1.807) is 20.2 Å². The first-order valence-electron chi connectivity index (χ1n) is 1.98. The van der Waals surface area contributed by atoms with Gasteiger partial charge in [0, 0.05) is 13.3 Å². The molecular formula is C4H9N3. The zero-order valence-corrected chi connectivity index (χ0v) is 4.55. The van der Waals surface area contributed by atoms with Gasteiger partial charge in [0.15, 0.2) is 0 Å². The van der Waals surface area contributed by atoms with E-state index in [1.807, 2.05) is 0 Å². The maximum absolute atomic E-state index is 4.85. The largest absolute Gasteiger partial charge is 0.323 e. The summed E-state index contributed by atoms with van der Waals surface area (Å²) in [6, 6.07) is 0. The molecule has 0 saturated heterocycles. The Kier molecular flexibility index (Phi) is 2.92. The van der Waals surface area contributed by atoms with Gasteiger partial charge in [0.1, 0.15) is 0 Å². The Balaban J connectivity index is 3.58. The average Bonchev–Trinajstić information content (AvgIpc) is 1.68. The molecule has 0 aliphatic carbocycles. The highest BCUT2D eigenvalue weighted by molar-refractivity contribution is 6.29. The summed E-state index contributed by atoms with van der Waals surface area (Å²) >= 11 is 0. The number of nitrogens with zero attached hydrogens (tertiary/aromatic N) is 2. The second kappa shape index (κ2) is 3.33. The van der Waals surface area contributed by atoms with Crippen molar-refractivity contribution < 1.29 is 0 Å². The summed E-state index contributed by atoms with van der Waals surface area (Å²) < 4.78 is 0. The standard InChI is InChI=1S/C4H9N3/c1-4(7-5)3-6-2/h3H,5H2,1-2H3/b6-3-,7-4-. The fourth-order valence-corrected chi connectivity index (χ4v) is 0.220. The van der Waals surface area contributed by atoms with Gasteiger partial charge in [-0.1, -0.05) is 0 Å². The van der Waals surface area contributed by atoms with Crippen molar-refractivity contribution in [3.63, 3.8) is 0 Å². The molecule has 0 aliphatic heterocycles. The van der Waals surface area contributed by atoms with Crippen LogP contribution in [-0.2, 0) is 0 Å². The molecule has 0 heterocycles. The highest BCUT2D eigenvalue weighted by Crippen LogP contribution is 1.62. The lowest BCUT2D eigenvalue weighted by molar-refractivity contribution is 1.25. The summed E-state index contributed by atoms with van der Waals surface area (Å²) in [6.45, 7) is 1.78. The molecule has 3 nitrogen and oxygen atoms in total. The number of aliphatic imine (C=N–C) groups is 1. The maximum Gasteiger partial charge on any atom is 0.0747 e. The Morgan fingerprint density at radius 1 is 1.71 bits per heavy atom. The van der Waals surface area contributed by atoms with Gasteiger partial charge >= 0.3 is 0 Å². The van der Waals surface area contributed by atoms with Crippen LogP contribution in [0.4, 0.5) is 0 Å². The van der Waals surface area contributed by atoms with Crippen LogP contribution in [0.5, 0.6) is 0 Å². The Bertz CT molecular complexity index is 93.1. The number of rotatable bonds is 1. The zero-order chi connectivity index (χ0) is 5.70. The van der Waals surface area contributed by atoms with Crippen molar-refractivity contribution in [2.45, 2.75) is 6.92 Å².